The molecule has 21 heavy (non-hydrogen) atoms. The summed E-state index contributed by atoms with van der Waals surface area (Å²) >= 11 is 0. The SMILES string of the molecule is CCNc1nc(OCCCC(F)(F)F)nc(OC(C)C)n1. The maximum Gasteiger partial charge on any atom is 0.389 e. The lowest BCUT2D eigenvalue weighted by atomic mass is 10.3. The first-order valence-electron chi connectivity index (χ1n) is 6.66. The van der Waals surface area contributed by atoms with Crippen LogP contribution in [0.15, 0.2) is 0 Å². The van der Waals surface area contributed by atoms with Crippen molar-refractivity contribution in [2.75, 3.05) is 18.5 Å². The van der Waals surface area contributed by atoms with Gasteiger partial charge in [-0.05, 0) is 27.2 Å². The number of ether oxygens (including phenoxy) is 2. The Morgan fingerprint density at radius 2 is 1.81 bits per heavy atom. The minimum absolute atomic E-state index is 0.0567. The predicted octanol–water partition coefficient (Wildman–Crippen LogP) is 2.81. The zero-order chi connectivity index (χ0) is 15.9. The van der Waals surface area contributed by atoms with E-state index in [4.69, 9.17) is 9.47 Å². The van der Waals surface area contributed by atoms with Gasteiger partial charge < -0.3 is 14.8 Å². The molecule has 0 aliphatic rings. The molecule has 1 aromatic heterocycles. The van der Waals surface area contributed by atoms with Crippen LogP contribution < -0.4 is 14.8 Å². The second-order valence-electron chi connectivity index (χ2n) is 4.49. The Morgan fingerprint density at radius 3 is 2.38 bits per heavy atom. The number of halogens is 3. The Hall–Kier alpha value is -1.80. The van der Waals surface area contributed by atoms with Crippen LogP contribution in [0, 0.1) is 0 Å². The van der Waals surface area contributed by atoms with E-state index in [9.17, 15) is 13.2 Å². The predicted molar refractivity (Wildman–Crippen MR) is 70.5 cm³/mol. The molecule has 0 fully saturated rings. The smallest absolute Gasteiger partial charge is 0.389 e. The van der Waals surface area contributed by atoms with E-state index >= 15 is 0 Å². The molecule has 0 aromatic carbocycles. The van der Waals surface area contributed by atoms with E-state index in [1.165, 1.54) is 0 Å². The van der Waals surface area contributed by atoms with Crippen LogP contribution in [0.5, 0.6) is 12.0 Å². The highest BCUT2D eigenvalue weighted by atomic mass is 19.4. The number of hydrogen-bond acceptors (Lipinski definition) is 6. The third-order valence-corrected chi connectivity index (χ3v) is 2.11. The number of rotatable bonds is 8. The van der Waals surface area contributed by atoms with Crippen molar-refractivity contribution in [3.05, 3.63) is 0 Å². The quantitative estimate of drug-likeness (QED) is 0.745. The molecule has 1 rings (SSSR count). The third kappa shape index (κ3) is 7.52. The van der Waals surface area contributed by atoms with Crippen molar-refractivity contribution in [2.45, 2.75) is 45.9 Å². The van der Waals surface area contributed by atoms with Gasteiger partial charge >= 0.3 is 18.2 Å². The second-order valence-corrected chi connectivity index (χ2v) is 4.49. The molecule has 0 spiro atoms. The first kappa shape index (κ1) is 17.3. The fourth-order valence-electron chi connectivity index (χ4n) is 1.34. The van der Waals surface area contributed by atoms with Crippen molar-refractivity contribution in [2.24, 2.45) is 0 Å². The highest BCUT2D eigenvalue weighted by Crippen LogP contribution is 2.21. The van der Waals surface area contributed by atoms with Crippen molar-refractivity contribution < 1.29 is 22.6 Å². The topological polar surface area (TPSA) is 69.2 Å². The van der Waals surface area contributed by atoms with E-state index in [2.05, 4.69) is 20.3 Å². The first-order chi connectivity index (χ1) is 9.80. The van der Waals surface area contributed by atoms with Gasteiger partial charge in [-0.15, -0.1) is 4.98 Å². The maximum atomic E-state index is 12.0. The summed E-state index contributed by atoms with van der Waals surface area (Å²) in [4.78, 5) is 11.9. The van der Waals surface area contributed by atoms with Gasteiger partial charge in [0, 0.05) is 13.0 Å². The lowest BCUT2D eigenvalue weighted by Crippen LogP contribution is -2.14. The van der Waals surface area contributed by atoms with E-state index in [0.29, 0.717) is 6.54 Å². The van der Waals surface area contributed by atoms with E-state index in [1.54, 1.807) is 13.8 Å². The molecule has 1 aromatic rings. The Labute approximate surface area is 121 Å². The van der Waals surface area contributed by atoms with Crippen LogP contribution in [-0.2, 0) is 0 Å². The van der Waals surface area contributed by atoms with Gasteiger partial charge in [-0.2, -0.15) is 23.1 Å². The van der Waals surface area contributed by atoms with Gasteiger partial charge in [-0.25, -0.2) is 0 Å². The Kier molecular flexibility index (Phi) is 6.44. The Morgan fingerprint density at radius 1 is 1.14 bits per heavy atom. The normalized spacial score (nSPS) is 11.6. The molecule has 0 radical (unpaired) electrons. The van der Waals surface area contributed by atoms with Gasteiger partial charge in [0.1, 0.15) is 0 Å². The Bertz CT molecular complexity index is 441. The van der Waals surface area contributed by atoms with E-state index in [-0.39, 0.29) is 37.1 Å². The average Bonchev–Trinajstić information content (AvgIpc) is 2.33. The van der Waals surface area contributed by atoms with Crippen LogP contribution in [0.2, 0.25) is 0 Å². The van der Waals surface area contributed by atoms with Crippen LogP contribution in [-0.4, -0.2) is 40.4 Å². The number of hydrogen-bond donors (Lipinski definition) is 1. The minimum atomic E-state index is -4.19. The highest BCUT2D eigenvalue weighted by molar-refractivity contribution is 5.27. The lowest BCUT2D eigenvalue weighted by Gasteiger charge is -2.11. The molecule has 0 amide bonds. The molecule has 0 bridgehead atoms. The van der Waals surface area contributed by atoms with Gasteiger partial charge in [0.25, 0.3) is 0 Å². The summed E-state index contributed by atoms with van der Waals surface area (Å²) in [5.74, 6) is 0.258. The standard InChI is InChI=1S/C12H19F3N4O2/c1-4-16-9-17-10(19-11(18-9)21-8(2)3)20-7-5-6-12(13,14)15/h8H,4-7H2,1-3H3,(H,16,17,18,19). The van der Waals surface area contributed by atoms with E-state index in [1.807, 2.05) is 6.92 Å². The highest BCUT2D eigenvalue weighted by Gasteiger charge is 2.26. The summed E-state index contributed by atoms with van der Waals surface area (Å²) in [7, 11) is 0. The minimum Gasteiger partial charge on any atom is -0.463 e. The average molecular weight is 308 g/mol. The largest absolute Gasteiger partial charge is 0.463 e. The summed E-state index contributed by atoms with van der Waals surface area (Å²) < 4.78 is 46.5. The summed E-state index contributed by atoms with van der Waals surface area (Å²) in [6.45, 7) is 5.92. The monoisotopic (exact) mass is 308 g/mol. The molecular weight excluding hydrogens is 289 g/mol. The van der Waals surface area contributed by atoms with Gasteiger partial charge in [0.05, 0.1) is 12.7 Å². The second kappa shape index (κ2) is 7.84. The molecule has 0 saturated heterocycles. The summed E-state index contributed by atoms with van der Waals surface area (Å²) in [5, 5.41) is 2.87. The number of nitrogens with one attached hydrogen (secondary N) is 1. The van der Waals surface area contributed by atoms with Crippen LogP contribution in [0.3, 0.4) is 0 Å². The van der Waals surface area contributed by atoms with Crippen molar-refractivity contribution >= 4 is 5.95 Å². The summed E-state index contributed by atoms with van der Waals surface area (Å²) in [5.41, 5.74) is 0. The molecular formula is C12H19F3N4O2. The fraction of sp³-hybridized carbons (Fsp3) is 0.750. The molecule has 9 heteroatoms. The van der Waals surface area contributed by atoms with Crippen LogP contribution in [0.25, 0.3) is 0 Å². The first-order valence-corrected chi connectivity index (χ1v) is 6.66. The van der Waals surface area contributed by atoms with Crippen molar-refractivity contribution in [1.82, 2.24) is 15.0 Å². The fourth-order valence-corrected chi connectivity index (χ4v) is 1.34. The van der Waals surface area contributed by atoms with Crippen molar-refractivity contribution in [1.29, 1.82) is 0 Å². The maximum absolute atomic E-state index is 12.0. The molecule has 1 N–H and O–H groups in total. The molecule has 0 atom stereocenters. The summed E-state index contributed by atoms with van der Waals surface area (Å²) in [6.07, 6.45) is -5.40. The lowest BCUT2D eigenvalue weighted by molar-refractivity contribution is -0.136. The van der Waals surface area contributed by atoms with Crippen LogP contribution in [0.1, 0.15) is 33.6 Å². The zero-order valence-electron chi connectivity index (χ0n) is 12.2. The van der Waals surface area contributed by atoms with Gasteiger partial charge in [0.2, 0.25) is 5.95 Å². The molecule has 0 saturated carbocycles. The van der Waals surface area contributed by atoms with Crippen molar-refractivity contribution in [3.8, 4) is 12.0 Å². The molecule has 0 aliphatic carbocycles. The molecule has 1 heterocycles. The molecule has 6 nitrogen and oxygen atoms in total. The third-order valence-electron chi connectivity index (χ3n) is 2.11. The molecule has 0 unspecified atom stereocenters. The van der Waals surface area contributed by atoms with Gasteiger partial charge in [0.15, 0.2) is 0 Å². The summed E-state index contributed by atoms with van der Waals surface area (Å²) in [6, 6.07) is 0.0144. The number of anilines is 1. The van der Waals surface area contributed by atoms with Crippen LogP contribution >= 0.6 is 0 Å². The van der Waals surface area contributed by atoms with Crippen LogP contribution in [0.4, 0.5) is 19.1 Å². The number of nitrogens with zero attached hydrogens (tertiary/aromatic N) is 3. The zero-order valence-corrected chi connectivity index (χ0v) is 12.2. The molecule has 120 valence electrons. The van der Waals surface area contributed by atoms with Gasteiger partial charge in [-0.1, -0.05) is 0 Å². The van der Waals surface area contributed by atoms with Crippen molar-refractivity contribution in [3.63, 3.8) is 0 Å². The Balaban J connectivity index is 2.64. The van der Waals surface area contributed by atoms with Gasteiger partial charge in [-0.3, -0.25) is 0 Å². The molecule has 0 aliphatic heterocycles. The number of aromatic nitrogens is 3. The van der Waals surface area contributed by atoms with E-state index in [0.717, 1.165) is 0 Å². The number of alkyl halides is 3. The van der Waals surface area contributed by atoms with E-state index < -0.39 is 12.6 Å².